The van der Waals surface area contributed by atoms with Crippen molar-refractivity contribution in [1.29, 1.82) is 0 Å². The Morgan fingerprint density at radius 1 is 1.25 bits per heavy atom. The van der Waals surface area contributed by atoms with Gasteiger partial charge in [-0.25, -0.2) is 0 Å². The summed E-state index contributed by atoms with van der Waals surface area (Å²) in [6.45, 7) is 0. The zero-order chi connectivity index (χ0) is 2.71. The van der Waals surface area contributed by atoms with E-state index in [1.54, 1.807) is 0 Å². The van der Waals surface area contributed by atoms with Crippen LogP contribution in [0.1, 0.15) is 0 Å². The van der Waals surface area contributed by atoms with Crippen LogP contribution < -0.4 is 0 Å². The van der Waals surface area contributed by atoms with Crippen LogP contribution in [-0.4, -0.2) is 27.3 Å². The fourth-order valence-corrected chi connectivity index (χ4v) is 0. The molecule has 0 aromatic carbocycles. The molecule has 0 aliphatic rings. The van der Waals surface area contributed by atoms with Crippen molar-refractivity contribution in [2.75, 3.05) is 0 Å². The molecule has 0 atom stereocenters. The predicted molar refractivity (Wildman–Crippen MR) is 14.8 cm³/mol. The van der Waals surface area contributed by atoms with Gasteiger partial charge in [-0.05, 0) is 0 Å². The molecule has 4 heavy (non-hydrogen) atoms. The Morgan fingerprint density at radius 2 is 1.25 bits per heavy atom. The zero-order valence-electron chi connectivity index (χ0n) is 1.67. The Hall–Kier alpha value is 1.56. The predicted octanol–water partition coefficient (Wildman–Crippen LogP) is -0.683. The fraction of sp³-hybridized carbons (Fsp3) is 0. The van der Waals surface area contributed by atoms with Crippen LogP contribution >= 0.6 is 0 Å². The molecule has 0 nitrogen and oxygen atoms in total. The van der Waals surface area contributed by atoms with Crippen molar-refractivity contribution >= 4 is 27.3 Å². The van der Waals surface area contributed by atoms with Crippen LogP contribution in [0.4, 0.5) is 0 Å². The van der Waals surface area contributed by atoms with Crippen LogP contribution in [0.3, 0.4) is 0 Å². The monoisotopic (exact) mass is 228 g/mol. The van der Waals surface area contributed by atoms with Crippen LogP contribution in [0.15, 0.2) is 0 Å². The summed E-state index contributed by atoms with van der Waals surface area (Å²) >= 11 is 5.50. The van der Waals surface area contributed by atoms with Crippen molar-refractivity contribution in [3.05, 3.63) is 7.43 Å². The Morgan fingerprint density at radius 3 is 1.25 bits per heavy atom. The molecule has 0 unspecified atom stereocenters. The maximum absolute atomic E-state index is 2.75. The summed E-state index contributed by atoms with van der Waals surface area (Å²) in [5, 5.41) is 0. The topological polar surface area (TPSA) is 0 Å². The third-order valence-corrected chi connectivity index (χ3v) is 0. The SMILES string of the molecule is [C].[Se]=[Fe]=[Se]. The van der Waals surface area contributed by atoms with E-state index in [0.717, 1.165) is 10.2 Å². The first-order chi connectivity index (χ1) is 1.41. The second-order valence-corrected chi connectivity index (χ2v) is 6.56. The Balaban J connectivity index is 0. The van der Waals surface area contributed by atoms with E-state index in [2.05, 4.69) is 27.3 Å². The third kappa shape index (κ3) is 9.59. The fourth-order valence-electron chi connectivity index (χ4n) is 0. The van der Waals surface area contributed by atoms with E-state index in [4.69, 9.17) is 0 Å². The van der Waals surface area contributed by atoms with Crippen molar-refractivity contribution in [2.45, 2.75) is 0 Å². The van der Waals surface area contributed by atoms with Crippen molar-refractivity contribution in [2.24, 2.45) is 0 Å². The molecule has 24 valence electrons. The van der Waals surface area contributed by atoms with Gasteiger partial charge >= 0.3 is 37.5 Å². The first-order valence-electron chi connectivity index (χ1n) is 0.289. The first kappa shape index (κ1) is 9.12. The van der Waals surface area contributed by atoms with Gasteiger partial charge in [0.25, 0.3) is 0 Å². The standard InChI is InChI=1S/C.Fe.2Se. The third-order valence-electron chi connectivity index (χ3n) is 0. The quantitative estimate of drug-likeness (QED) is 0.480. The Kier molecular flexibility index (Phi) is 20.1. The first-order valence-corrected chi connectivity index (χ1v) is 6.18. The summed E-state index contributed by atoms with van der Waals surface area (Å²) in [7, 11) is 1.00. The molecule has 0 bridgehead atoms. The number of hydrogen-bond acceptors (Lipinski definition) is 0. The van der Waals surface area contributed by atoms with Gasteiger partial charge < -0.3 is 0 Å². The molecule has 0 aliphatic heterocycles. The van der Waals surface area contributed by atoms with Gasteiger partial charge in [0.15, 0.2) is 0 Å². The normalized spacial score (nSPS) is 4.00. The van der Waals surface area contributed by atoms with Crippen LogP contribution in [0.5, 0.6) is 0 Å². The number of hydrogen-bond donors (Lipinski definition) is 0. The van der Waals surface area contributed by atoms with Gasteiger partial charge in [0.05, 0.1) is 0 Å². The molecule has 0 fully saturated rings. The van der Waals surface area contributed by atoms with E-state index in [1.165, 1.54) is 0 Å². The summed E-state index contributed by atoms with van der Waals surface area (Å²) < 4.78 is 0. The molecular weight excluding hydrogens is 226 g/mol. The van der Waals surface area contributed by atoms with Gasteiger partial charge in [0.2, 0.25) is 0 Å². The summed E-state index contributed by atoms with van der Waals surface area (Å²) in [5.74, 6) is 0. The van der Waals surface area contributed by atoms with E-state index < -0.39 is 0 Å². The van der Waals surface area contributed by atoms with Crippen molar-refractivity contribution < 1.29 is 10.2 Å². The average Bonchev–Trinajstić information content (AvgIpc) is 0.918. The second-order valence-electron chi connectivity index (χ2n) is 0.0589. The van der Waals surface area contributed by atoms with Crippen molar-refractivity contribution in [3.8, 4) is 0 Å². The summed E-state index contributed by atoms with van der Waals surface area (Å²) in [6.07, 6.45) is 0. The molecule has 0 N–H and O–H groups in total. The molecule has 0 aliphatic carbocycles. The zero-order valence-corrected chi connectivity index (χ0v) is 6.20. The van der Waals surface area contributed by atoms with Gasteiger partial charge in [0, 0.05) is 7.43 Å². The van der Waals surface area contributed by atoms with Crippen LogP contribution in [0.2, 0.25) is 0 Å². The van der Waals surface area contributed by atoms with Crippen LogP contribution in [0, 0.1) is 7.43 Å². The Bertz CT molecular complexity index is 27.0. The van der Waals surface area contributed by atoms with E-state index in [9.17, 15) is 0 Å². The molecule has 0 aromatic rings. The second kappa shape index (κ2) is 8.82. The molecule has 0 aromatic heterocycles. The molecule has 0 spiro atoms. The van der Waals surface area contributed by atoms with Crippen molar-refractivity contribution in [3.63, 3.8) is 0 Å². The van der Waals surface area contributed by atoms with Gasteiger partial charge in [-0.3, -0.25) is 0 Å². The summed E-state index contributed by atoms with van der Waals surface area (Å²) in [4.78, 5) is 0. The minimum atomic E-state index is 0. The van der Waals surface area contributed by atoms with E-state index >= 15 is 0 Å². The van der Waals surface area contributed by atoms with Gasteiger partial charge in [-0.15, -0.1) is 0 Å². The van der Waals surface area contributed by atoms with Crippen molar-refractivity contribution in [1.82, 2.24) is 0 Å². The summed E-state index contributed by atoms with van der Waals surface area (Å²) in [5.41, 5.74) is 0. The van der Waals surface area contributed by atoms with E-state index in [-0.39, 0.29) is 7.43 Å². The number of rotatable bonds is 0. The Labute approximate surface area is 44.9 Å². The van der Waals surface area contributed by atoms with E-state index in [1.807, 2.05) is 0 Å². The van der Waals surface area contributed by atoms with Gasteiger partial charge in [-0.1, -0.05) is 0 Å². The molecule has 0 saturated carbocycles. The van der Waals surface area contributed by atoms with Crippen LogP contribution in [-0.2, 0) is 10.2 Å². The van der Waals surface area contributed by atoms with Crippen LogP contribution in [0.25, 0.3) is 0 Å². The molecule has 0 saturated heterocycles. The summed E-state index contributed by atoms with van der Waals surface area (Å²) in [6, 6.07) is 0. The van der Waals surface area contributed by atoms with Gasteiger partial charge in [-0.2, -0.15) is 0 Å². The molecule has 0 amide bonds. The maximum atomic E-state index is 2.75. The molecule has 3 heteroatoms. The molecular formula is CFeSe2. The molecule has 0 heterocycles. The molecule has 0 rings (SSSR count). The van der Waals surface area contributed by atoms with E-state index in [0.29, 0.717) is 0 Å². The minimum absolute atomic E-state index is 0. The average molecular weight is 226 g/mol. The van der Waals surface area contributed by atoms with Gasteiger partial charge in [0.1, 0.15) is 0 Å². The molecule has 4 radical (unpaired) electrons.